The molecule has 2 aromatic rings. The Bertz CT molecular complexity index is 415. The largest absolute Gasteiger partial charge is 0.350 e. The lowest BCUT2D eigenvalue weighted by atomic mass is 10.3. The Morgan fingerprint density at radius 2 is 2.00 bits per heavy atom. The van der Waals surface area contributed by atoms with Gasteiger partial charge in [-0.05, 0) is 11.6 Å². The van der Waals surface area contributed by atoms with Crippen LogP contribution < -0.4 is 5.32 Å². The smallest absolute Gasteiger partial charge is 0.223 e. The van der Waals surface area contributed by atoms with Crippen LogP contribution in [0.2, 0.25) is 0 Å². The van der Waals surface area contributed by atoms with Crippen LogP contribution in [0.4, 0.5) is 10.3 Å². The summed E-state index contributed by atoms with van der Waals surface area (Å²) in [6, 6.07) is 3.78. The molecule has 0 unspecified atom stereocenters. The second-order valence-corrected chi connectivity index (χ2v) is 2.94. The topological polar surface area (TPSA) is 50.7 Å². The fraction of sp³-hybridized carbons (Fsp3) is 0.100. The number of halogens is 1. The van der Waals surface area contributed by atoms with Gasteiger partial charge in [0.1, 0.15) is 0 Å². The van der Waals surface area contributed by atoms with Crippen molar-refractivity contribution in [2.45, 2.75) is 6.54 Å². The van der Waals surface area contributed by atoms with Crippen LogP contribution in [-0.4, -0.2) is 15.0 Å². The molecule has 0 aliphatic rings. The first-order valence-electron chi connectivity index (χ1n) is 4.45. The van der Waals surface area contributed by atoms with Crippen molar-refractivity contribution in [2.75, 3.05) is 5.32 Å². The molecule has 2 rings (SSSR count). The maximum Gasteiger partial charge on any atom is 0.223 e. The summed E-state index contributed by atoms with van der Waals surface area (Å²) in [6.07, 6.45) is 5.70. The Hall–Kier alpha value is -2.04. The van der Waals surface area contributed by atoms with E-state index in [9.17, 15) is 4.39 Å². The zero-order chi connectivity index (χ0) is 10.5. The van der Waals surface area contributed by atoms with Crippen LogP contribution in [-0.2, 0) is 6.54 Å². The van der Waals surface area contributed by atoms with E-state index in [1.54, 1.807) is 12.4 Å². The first-order chi connectivity index (χ1) is 7.34. The van der Waals surface area contributed by atoms with Crippen molar-refractivity contribution < 1.29 is 4.39 Å². The highest BCUT2D eigenvalue weighted by atomic mass is 19.1. The predicted molar refractivity (Wildman–Crippen MR) is 53.6 cm³/mol. The van der Waals surface area contributed by atoms with Gasteiger partial charge in [-0.25, -0.2) is 14.4 Å². The van der Waals surface area contributed by atoms with Crippen LogP contribution in [0.3, 0.4) is 0 Å². The second kappa shape index (κ2) is 4.45. The van der Waals surface area contributed by atoms with Gasteiger partial charge in [0.2, 0.25) is 5.95 Å². The van der Waals surface area contributed by atoms with Crippen LogP contribution in [0, 0.1) is 5.82 Å². The molecular weight excluding hydrogens is 195 g/mol. The molecule has 1 N–H and O–H groups in total. The zero-order valence-electron chi connectivity index (χ0n) is 7.89. The molecule has 0 bridgehead atoms. The Morgan fingerprint density at radius 1 is 1.20 bits per heavy atom. The summed E-state index contributed by atoms with van der Waals surface area (Å²) in [5, 5.41) is 2.96. The second-order valence-electron chi connectivity index (χ2n) is 2.94. The van der Waals surface area contributed by atoms with Crippen LogP contribution in [0.25, 0.3) is 0 Å². The van der Waals surface area contributed by atoms with E-state index in [1.165, 1.54) is 0 Å². The van der Waals surface area contributed by atoms with Gasteiger partial charge in [0.15, 0.2) is 5.82 Å². The van der Waals surface area contributed by atoms with E-state index in [-0.39, 0.29) is 0 Å². The third kappa shape index (κ3) is 2.70. The number of hydrogen-bond acceptors (Lipinski definition) is 4. The van der Waals surface area contributed by atoms with E-state index in [1.807, 2.05) is 12.1 Å². The molecule has 2 heterocycles. The molecular formula is C10H9FN4. The summed E-state index contributed by atoms with van der Waals surface area (Å²) < 4.78 is 12.5. The summed E-state index contributed by atoms with van der Waals surface area (Å²) in [4.78, 5) is 11.5. The minimum atomic E-state index is -0.443. The van der Waals surface area contributed by atoms with Gasteiger partial charge in [0, 0.05) is 18.9 Å². The molecule has 0 aliphatic heterocycles. The zero-order valence-corrected chi connectivity index (χ0v) is 7.89. The van der Waals surface area contributed by atoms with E-state index in [0.717, 1.165) is 18.0 Å². The first kappa shape index (κ1) is 9.51. The van der Waals surface area contributed by atoms with Gasteiger partial charge >= 0.3 is 0 Å². The number of nitrogens with one attached hydrogen (secondary N) is 1. The Morgan fingerprint density at radius 3 is 2.67 bits per heavy atom. The van der Waals surface area contributed by atoms with Crippen molar-refractivity contribution in [1.29, 1.82) is 0 Å². The summed E-state index contributed by atoms with van der Waals surface area (Å²) >= 11 is 0. The van der Waals surface area contributed by atoms with Gasteiger partial charge in [0.05, 0.1) is 12.4 Å². The number of rotatable bonds is 3. The van der Waals surface area contributed by atoms with E-state index in [0.29, 0.717) is 12.5 Å². The van der Waals surface area contributed by atoms with Crippen LogP contribution in [0.5, 0.6) is 0 Å². The van der Waals surface area contributed by atoms with Crippen LogP contribution in [0.1, 0.15) is 5.56 Å². The molecule has 4 nitrogen and oxygen atoms in total. The van der Waals surface area contributed by atoms with Crippen molar-refractivity contribution in [1.82, 2.24) is 15.0 Å². The average molecular weight is 204 g/mol. The van der Waals surface area contributed by atoms with E-state index in [4.69, 9.17) is 0 Å². The molecule has 0 atom stereocenters. The van der Waals surface area contributed by atoms with E-state index in [2.05, 4.69) is 20.3 Å². The minimum Gasteiger partial charge on any atom is -0.350 e. The summed E-state index contributed by atoms with van der Waals surface area (Å²) in [5.74, 6) is -0.0396. The van der Waals surface area contributed by atoms with Crippen molar-refractivity contribution in [3.05, 3.63) is 48.3 Å². The Labute approximate surface area is 86.2 Å². The van der Waals surface area contributed by atoms with Crippen molar-refractivity contribution >= 4 is 5.95 Å². The minimum absolute atomic E-state index is 0.403. The Kier molecular flexibility index (Phi) is 2.82. The molecule has 2 aromatic heterocycles. The van der Waals surface area contributed by atoms with Gasteiger partial charge < -0.3 is 5.32 Å². The lowest BCUT2D eigenvalue weighted by Gasteiger charge is -2.03. The molecule has 0 aliphatic carbocycles. The van der Waals surface area contributed by atoms with Crippen LogP contribution >= 0.6 is 0 Å². The molecule has 0 spiro atoms. The summed E-state index contributed by atoms with van der Waals surface area (Å²) in [6.45, 7) is 0.569. The van der Waals surface area contributed by atoms with Crippen molar-refractivity contribution in [3.63, 3.8) is 0 Å². The summed E-state index contributed by atoms with van der Waals surface area (Å²) in [5.41, 5.74) is 1.02. The fourth-order valence-corrected chi connectivity index (χ4v) is 1.09. The fourth-order valence-electron chi connectivity index (χ4n) is 1.09. The molecule has 0 saturated heterocycles. The number of aromatic nitrogens is 3. The lowest BCUT2D eigenvalue weighted by molar-refractivity contribution is 0.614. The van der Waals surface area contributed by atoms with Gasteiger partial charge in [0.25, 0.3) is 0 Å². The Balaban J connectivity index is 1.96. The normalized spacial score (nSPS) is 9.93. The predicted octanol–water partition coefficient (Wildman–Crippen LogP) is 1.62. The van der Waals surface area contributed by atoms with E-state index >= 15 is 0 Å². The van der Waals surface area contributed by atoms with Gasteiger partial charge in [-0.1, -0.05) is 6.07 Å². The van der Waals surface area contributed by atoms with Gasteiger partial charge in [-0.2, -0.15) is 0 Å². The van der Waals surface area contributed by atoms with Crippen molar-refractivity contribution in [3.8, 4) is 0 Å². The quantitative estimate of drug-likeness (QED) is 0.825. The molecule has 0 saturated carbocycles. The van der Waals surface area contributed by atoms with E-state index < -0.39 is 5.82 Å². The number of nitrogens with zero attached hydrogens (tertiary/aromatic N) is 3. The molecule has 0 aromatic carbocycles. The molecule has 76 valence electrons. The molecule has 0 amide bonds. The maximum atomic E-state index is 12.5. The highest BCUT2D eigenvalue weighted by Crippen LogP contribution is 2.02. The molecule has 0 fully saturated rings. The van der Waals surface area contributed by atoms with Gasteiger partial charge in [-0.3, -0.25) is 4.98 Å². The standard InChI is InChI=1S/C10H9FN4/c11-9-6-14-10(15-7-9)13-5-8-2-1-3-12-4-8/h1-4,6-7H,5H2,(H,13,14,15). The number of hydrogen-bond donors (Lipinski definition) is 1. The average Bonchev–Trinajstić information content (AvgIpc) is 2.30. The highest BCUT2D eigenvalue weighted by molar-refractivity contribution is 5.25. The number of pyridine rings is 1. The first-order valence-corrected chi connectivity index (χ1v) is 4.45. The molecule has 5 heteroatoms. The third-order valence-corrected chi connectivity index (χ3v) is 1.79. The monoisotopic (exact) mass is 204 g/mol. The maximum absolute atomic E-state index is 12.5. The van der Waals surface area contributed by atoms with Crippen molar-refractivity contribution in [2.24, 2.45) is 0 Å². The molecule has 0 radical (unpaired) electrons. The lowest BCUT2D eigenvalue weighted by Crippen LogP contribution is -2.03. The summed E-state index contributed by atoms with van der Waals surface area (Å²) in [7, 11) is 0. The van der Waals surface area contributed by atoms with Crippen LogP contribution in [0.15, 0.2) is 36.9 Å². The third-order valence-electron chi connectivity index (χ3n) is 1.79. The van der Waals surface area contributed by atoms with Gasteiger partial charge in [-0.15, -0.1) is 0 Å². The molecule has 15 heavy (non-hydrogen) atoms. The number of anilines is 1. The SMILES string of the molecule is Fc1cnc(NCc2cccnc2)nc1. The highest BCUT2D eigenvalue weighted by Gasteiger charge is 1.96.